The van der Waals surface area contributed by atoms with E-state index in [0.29, 0.717) is 68.0 Å². The molecule has 4 heterocycles. The zero-order valence-corrected chi connectivity index (χ0v) is 21.9. The number of nitrogens with one attached hydrogen (secondary N) is 1. The molecule has 0 unspecified atom stereocenters. The molecule has 0 spiro atoms. The fraction of sp³-hybridized carbons (Fsp3) is 0.556. The second kappa shape index (κ2) is 11.0. The first-order valence-electron chi connectivity index (χ1n) is 13.6. The van der Waals surface area contributed by atoms with E-state index in [9.17, 15) is 13.6 Å². The third kappa shape index (κ3) is 5.27. The number of hydrogen-bond donors (Lipinski definition) is 1. The van der Waals surface area contributed by atoms with Crippen LogP contribution in [0, 0.1) is 5.92 Å². The molecule has 39 heavy (non-hydrogen) atoms. The van der Waals surface area contributed by atoms with E-state index < -0.39 is 6.43 Å². The molecule has 1 aromatic carbocycles. The Hall–Kier alpha value is -3.38. The lowest BCUT2D eigenvalue weighted by atomic mass is 9.85. The van der Waals surface area contributed by atoms with Gasteiger partial charge in [0.25, 0.3) is 6.43 Å². The van der Waals surface area contributed by atoms with Crippen molar-refractivity contribution in [2.45, 2.75) is 44.3 Å². The minimum absolute atomic E-state index is 0.0126. The highest BCUT2D eigenvalue weighted by molar-refractivity contribution is 5.80. The SMILES string of the molecule is CO[C@H]1CC[C@@H](C(=O)N2CC(Nc3cc(-n4c(C(F)F)nc5ccccc54)nc(N4CCOCC4)n3)C2)CC1. The zero-order valence-electron chi connectivity index (χ0n) is 21.9. The second-order valence-electron chi connectivity index (χ2n) is 10.4. The standard InChI is InChI=1S/C27H33F2N7O3/c1-38-19-8-6-17(7-9-19)26(37)35-15-18(16-35)30-22-14-23(33-27(32-22)34-10-12-39-13-11-34)36-21-5-3-2-4-20(21)31-25(36)24(28)29/h2-5,14,17-19,24H,6-13,15-16H2,1H3,(H,30,32,33)/t17-,19+. The molecule has 0 atom stereocenters. The van der Waals surface area contributed by atoms with Gasteiger partial charge in [0.1, 0.15) is 11.6 Å². The van der Waals surface area contributed by atoms with Crippen LogP contribution in [-0.2, 0) is 14.3 Å². The minimum Gasteiger partial charge on any atom is -0.381 e. The van der Waals surface area contributed by atoms with Crippen molar-refractivity contribution in [1.29, 1.82) is 0 Å². The Morgan fingerprint density at radius 3 is 2.54 bits per heavy atom. The van der Waals surface area contributed by atoms with E-state index in [0.717, 1.165) is 25.7 Å². The van der Waals surface area contributed by atoms with Crippen molar-refractivity contribution in [2.75, 3.05) is 56.7 Å². The van der Waals surface area contributed by atoms with Crippen LogP contribution in [0.25, 0.3) is 16.9 Å². The highest BCUT2D eigenvalue weighted by Crippen LogP contribution is 2.31. The monoisotopic (exact) mass is 541 g/mol. The van der Waals surface area contributed by atoms with Crippen LogP contribution in [0.1, 0.15) is 37.9 Å². The Kier molecular flexibility index (Phi) is 7.30. The minimum atomic E-state index is -2.78. The first kappa shape index (κ1) is 25.9. The zero-order chi connectivity index (χ0) is 26.9. The van der Waals surface area contributed by atoms with Gasteiger partial charge in [-0.25, -0.2) is 13.8 Å². The number of halogens is 2. The van der Waals surface area contributed by atoms with Crippen molar-refractivity contribution >= 4 is 28.7 Å². The van der Waals surface area contributed by atoms with Crippen LogP contribution in [0.15, 0.2) is 30.3 Å². The summed E-state index contributed by atoms with van der Waals surface area (Å²) in [6, 6.07) is 8.73. The van der Waals surface area contributed by atoms with Crippen LogP contribution in [-0.4, -0.2) is 89.0 Å². The van der Waals surface area contributed by atoms with Crippen molar-refractivity contribution in [3.63, 3.8) is 0 Å². The molecule has 6 rings (SSSR count). The number of benzene rings is 1. The summed E-state index contributed by atoms with van der Waals surface area (Å²) in [5.41, 5.74) is 1.02. The maximum atomic E-state index is 14.1. The van der Waals surface area contributed by atoms with Gasteiger partial charge in [0.2, 0.25) is 11.9 Å². The number of amides is 1. The van der Waals surface area contributed by atoms with Crippen LogP contribution >= 0.6 is 0 Å². The largest absolute Gasteiger partial charge is 0.381 e. The van der Waals surface area contributed by atoms with Crippen molar-refractivity contribution in [2.24, 2.45) is 5.92 Å². The number of nitrogens with zero attached hydrogens (tertiary/aromatic N) is 6. The Labute approximate surface area is 225 Å². The lowest BCUT2D eigenvalue weighted by Gasteiger charge is -2.42. The number of likely N-dealkylation sites (tertiary alicyclic amines) is 1. The van der Waals surface area contributed by atoms with Crippen molar-refractivity contribution < 1.29 is 23.0 Å². The number of ether oxygens (including phenoxy) is 2. The maximum absolute atomic E-state index is 14.1. The summed E-state index contributed by atoms with van der Waals surface area (Å²) < 4.78 is 40.5. The van der Waals surface area contributed by atoms with Crippen LogP contribution in [0.2, 0.25) is 0 Å². The number of fused-ring (bicyclic) bond motifs is 1. The Balaban J connectivity index is 1.24. The molecule has 1 saturated carbocycles. The summed E-state index contributed by atoms with van der Waals surface area (Å²) in [7, 11) is 1.73. The van der Waals surface area contributed by atoms with Crippen molar-refractivity contribution in [1.82, 2.24) is 24.4 Å². The Morgan fingerprint density at radius 2 is 1.82 bits per heavy atom. The number of hydrogen-bond acceptors (Lipinski definition) is 8. The molecule has 1 aliphatic carbocycles. The maximum Gasteiger partial charge on any atom is 0.296 e. The molecule has 12 heteroatoms. The van der Waals surface area contributed by atoms with E-state index in [-0.39, 0.29) is 29.8 Å². The summed E-state index contributed by atoms with van der Waals surface area (Å²) in [5, 5.41) is 3.42. The number of anilines is 2. The van der Waals surface area contributed by atoms with E-state index in [1.54, 1.807) is 37.4 Å². The Bertz CT molecular complexity index is 1320. The van der Waals surface area contributed by atoms with Gasteiger partial charge in [-0.05, 0) is 37.8 Å². The van der Waals surface area contributed by atoms with E-state index in [1.165, 1.54) is 4.57 Å². The molecular formula is C27H33F2N7O3. The summed E-state index contributed by atoms with van der Waals surface area (Å²) in [4.78, 5) is 30.5. The normalized spacial score (nSPS) is 22.4. The predicted molar refractivity (Wildman–Crippen MR) is 141 cm³/mol. The molecule has 2 saturated heterocycles. The van der Waals surface area contributed by atoms with Gasteiger partial charge in [-0.1, -0.05) is 12.1 Å². The molecule has 2 aliphatic heterocycles. The molecule has 3 fully saturated rings. The smallest absolute Gasteiger partial charge is 0.296 e. The van der Waals surface area contributed by atoms with Gasteiger partial charge in [-0.2, -0.15) is 9.97 Å². The van der Waals surface area contributed by atoms with Gasteiger partial charge in [-0.15, -0.1) is 0 Å². The number of para-hydroxylation sites is 2. The summed E-state index contributed by atoms with van der Waals surface area (Å²) >= 11 is 0. The molecule has 3 aromatic rings. The second-order valence-corrected chi connectivity index (χ2v) is 10.4. The molecule has 0 radical (unpaired) electrons. The van der Waals surface area contributed by atoms with Crippen LogP contribution in [0.3, 0.4) is 0 Å². The third-order valence-corrected chi connectivity index (χ3v) is 7.91. The van der Waals surface area contributed by atoms with E-state index in [1.807, 2.05) is 9.80 Å². The predicted octanol–water partition coefficient (Wildman–Crippen LogP) is 3.42. The first-order chi connectivity index (χ1) is 19.0. The number of imidazole rings is 1. The van der Waals surface area contributed by atoms with Gasteiger partial charge < -0.3 is 24.6 Å². The van der Waals surface area contributed by atoms with Gasteiger partial charge in [-0.3, -0.25) is 9.36 Å². The number of aromatic nitrogens is 4. The summed E-state index contributed by atoms with van der Waals surface area (Å²) in [6.45, 7) is 3.44. The van der Waals surface area contributed by atoms with Crippen LogP contribution in [0.5, 0.6) is 0 Å². The molecule has 10 nitrogen and oxygen atoms in total. The quantitative estimate of drug-likeness (QED) is 0.486. The number of methoxy groups -OCH3 is 1. The average Bonchev–Trinajstić information content (AvgIpc) is 3.35. The van der Waals surface area contributed by atoms with Gasteiger partial charge in [0, 0.05) is 45.3 Å². The van der Waals surface area contributed by atoms with E-state index in [4.69, 9.17) is 19.4 Å². The highest BCUT2D eigenvalue weighted by atomic mass is 19.3. The summed E-state index contributed by atoms with van der Waals surface area (Å²) in [5.74, 6) is 1.18. The number of carbonyl (C=O) groups excluding carboxylic acids is 1. The van der Waals surface area contributed by atoms with Gasteiger partial charge in [0.15, 0.2) is 5.82 Å². The summed E-state index contributed by atoms with van der Waals surface area (Å²) in [6.07, 6.45) is 1.02. The topological polar surface area (TPSA) is 97.6 Å². The lowest BCUT2D eigenvalue weighted by Crippen LogP contribution is -2.58. The highest BCUT2D eigenvalue weighted by Gasteiger charge is 2.36. The Morgan fingerprint density at radius 1 is 1.08 bits per heavy atom. The van der Waals surface area contributed by atoms with Crippen LogP contribution in [0.4, 0.5) is 20.5 Å². The van der Waals surface area contributed by atoms with Crippen molar-refractivity contribution in [3.05, 3.63) is 36.2 Å². The molecule has 1 N–H and O–H groups in total. The number of rotatable bonds is 7. The lowest BCUT2D eigenvalue weighted by molar-refractivity contribution is -0.141. The molecule has 2 aromatic heterocycles. The molecular weight excluding hydrogens is 508 g/mol. The first-order valence-corrected chi connectivity index (χ1v) is 13.6. The van der Waals surface area contributed by atoms with E-state index in [2.05, 4.69) is 10.3 Å². The fourth-order valence-electron chi connectivity index (χ4n) is 5.71. The number of alkyl halides is 2. The van der Waals surface area contributed by atoms with Gasteiger partial charge >= 0.3 is 0 Å². The number of carbonyl (C=O) groups is 1. The average molecular weight is 542 g/mol. The van der Waals surface area contributed by atoms with Crippen molar-refractivity contribution in [3.8, 4) is 5.82 Å². The molecule has 1 amide bonds. The number of morpholine rings is 1. The fourth-order valence-corrected chi connectivity index (χ4v) is 5.71. The molecule has 0 bridgehead atoms. The van der Waals surface area contributed by atoms with Gasteiger partial charge in [0.05, 0.1) is 36.4 Å². The van der Waals surface area contributed by atoms with E-state index >= 15 is 0 Å². The third-order valence-electron chi connectivity index (χ3n) is 7.91. The molecule has 208 valence electrons. The van der Waals surface area contributed by atoms with Crippen LogP contribution < -0.4 is 10.2 Å². The molecule has 3 aliphatic rings.